The van der Waals surface area contributed by atoms with Crippen molar-refractivity contribution in [3.8, 4) is 0 Å². The number of hydrogen-bond donors (Lipinski definition) is 22. The molecule has 0 amide bonds. The summed E-state index contributed by atoms with van der Waals surface area (Å²) in [6.45, 7) is 0. The van der Waals surface area contributed by atoms with Crippen LogP contribution < -0.4 is 0 Å². The van der Waals surface area contributed by atoms with E-state index in [-0.39, 0.29) is 0 Å². The summed E-state index contributed by atoms with van der Waals surface area (Å²) in [6.07, 6.45) is -20.2. The van der Waals surface area contributed by atoms with E-state index in [4.69, 9.17) is 165 Å². The first kappa shape index (κ1) is 70.5. The molecule has 0 saturated carbocycles. The van der Waals surface area contributed by atoms with Gasteiger partial charge < -0.3 is 112 Å². The van der Waals surface area contributed by atoms with E-state index in [2.05, 4.69) is 0 Å². The van der Waals surface area contributed by atoms with Crippen LogP contribution in [0, 0.1) is 0 Å². The highest BCUT2D eigenvalue weighted by atomic mass is 16.6. The van der Waals surface area contributed by atoms with Crippen LogP contribution in [0.2, 0.25) is 0 Å². The van der Waals surface area contributed by atoms with E-state index >= 15 is 0 Å². The Labute approximate surface area is 234 Å². The van der Waals surface area contributed by atoms with Crippen LogP contribution in [0.25, 0.3) is 0 Å². The number of rotatable bonds is 0. The van der Waals surface area contributed by atoms with Gasteiger partial charge in [0.05, 0.1) is 0 Å². The molecule has 0 unspecified atom stereocenters. The minimum Gasteiger partial charge on any atom is -0.450 e. The minimum absolute atomic E-state index is 1.83. The molecule has 0 saturated heterocycles. The zero-order valence-corrected chi connectivity index (χ0v) is 19.8. The Morgan fingerprint density at radius 2 is 0.136 bits per heavy atom. The number of carbonyl (C=O) groups is 11. The Hall–Kier alpha value is -8.03. The first-order valence-electron chi connectivity index (χ1n) is 7.16. The molecule has 0 bridgehead atoms. The van der Waals surface area contributed by atoms with Gasteiger partial charge in [0.1, 0.15) is 0 Å². The highest BCUT2D eigenvalue weighted by Gasteiger charge is 1.73. The lowest BCUT2D eigenvalue weighted by atomic mass is 11.5. The molecule has 0 aliphatic heterocycles. The van der Waals surface area contributed by atoms with Crippen molar-refractivity contribution in [1.29, 1.82) is 0 Å². The Kier molecular flexibility index (Phi) is 104. The summed E-state index contributed by atoms with van der Waals surface area (Å²) >= 11 is 0. The third-order valence-corrected chi connectivity index (χ3v) is 0. The predicted molar refractivity (Wildman–Crippen MR) is 117 cm³/mol. The van der Waals surface area contributed by atoms with Crippen molar-refractivity contribution in [2.24, 2.45) is 0 Å². The SMILES string of the molecule is O=C(O)O.O=C(O)O.O=C(O)O.O=C(O)O.O=C(O)O.O=C(O)O.O=C(O)O.O=C(O)O.O=C(O)O.O=C(O)O.O=C(O)O. The van der Waals surface area contributed by atoms with Gasteiger partial charge in [-0.05, 0) is 0 Å². The molecular weight excluding hydrogens is 660 g/mol. The standard InChI is InChI=1S/11CH2O3/c11*2-1(3)4/h11*(H2,2,3,4). The van der Waals surface area contributed by atoms with Crippen molar-refractivity contribution >= 4 is 67.7 Å². The summed E-state index contributed by atoms with van der Waals surface area (Å²) in [5, 5.41) is 153. The number of carboxylic acid groups (broad SMARTS) is 22. The second kappa shape index (κ2) is 64.7. The van der Waals surface area contributed by atoms with Crippen molar-refractivity contribution in [2.45, 2.75) is 0 Å². The van der Waals surface area contributed by atoms with Gasteiger partial charge in [0, 0.05) is 0 Å². The summed E-state index contributed by atoms with van der Waals surface area (Å²) in [4.78, 5) is 94.1. The molecule has 0 aromatic rings. The molecule has 0 radical (unpaired) electrons. The summed E-state index contributed by atoms with van der Waals surface area (Å²) in [6, 6.07) is 0. The van der Waals surface area contributed by atoms with Crippen LogP contribution in [0.3, 0.4) is 0 Å². The van der Waals surface area contributed by atoms with E-state index in [1.165, 1.54) is 0 Å². The zero-order chi connectivity index (χ0) is 39.4. The monoisotopic (exact) mass is 682 g/mol. The first-order valence-corrected chi connectivity index (χ1v) is 7.16. The van der Waals surface area contributed by atoms with Gasteiger partial charge in [0.2, 0.25) is 0 Å². The Balaban J connectivity index is -0.0000000302. The van der Waals surface area contributed by atoms with Crippen molar-refractivity contribution in [3.05, 3.63) is 0 Å². The quantitative estimate of drug-likeness (QED) is 0.174. The topological polar surface area (TPSA) is 633 Å². The van der Waals surface area contributed by atoms with Gasteiger partial charge in [-0.2, -0.15) is 0 Å². The van der Waals surface area contributed by atoms with Crippen LogP contribution in [0.1, 0.15) is 0 Å². The fourth-order valence-corrected chi connectivity index (χ4v) is 0. The largest absolute Gasteiger partial charge is 0.503 e. The van der Waals surface area contributed by atoms with Crippen molar-refractivity contribution < 1.29 is 165 Å². The maximum Gasteiger partial charge on any atom is 0.503 e. The second-order valence-electron chi connectivity index (χ2n) is 3.11. The van der Waals surface area contributed by atoms with Crippen molar-refractivity contribution in [2.75, 3.05) is 0 Å². The molecule has 0 aromatic heterocycles. The molecule has 0 aliphatic rings. The van der Waals surface area contributed by atoms with Gasteiger partial charge in [-0.25, -0.2) is 52.7 Å². The van der Waals surface area contributed by atoms with E-state index in [0.717, 1.165) is 0 Å². The molecule has 264 valence electrons. The predicted octanol–water partition coefficient (Wildman–Crippen LogP) is 2.45. The molecule has 44 heavy (non-hydrogen) atoms. The summed E-state index contributed by atoms with van der Waals surface area (Å²) < 4.78 is 0. The Bertz CT molecular complexity index is 517. The highest BCUT2D eigenvalue weighted by molar-refractivity contribution is 5.55. The second-order valence-corrected chi connectivity index (χ2v) is 3.11. The van der Waals surface area contributed by atoms with Crippen LogP contribution >= 0.6 is 0 Å². The molecule has 0 spiro atoms. The molecule has 22 N–H and O–H groups in total. The fourth-order valence-electron chi connectivity index (χ4n) is 0. The van der Waals surface area contributed by atoms with E-state index in [9.17, 15) is 0 Å². The maximum absolute atomic E-state index is 8.56. The molecule has 0 fully saturated rings. The van der Waals surface area contributed by atoms with Gasteiger partial charge in [-0.1, -0.05) is 0 Å². The molecule has 0 atom stereocenters. The van der Waals surface area contributed by atoms with Crippen molar-refractivity contribution in [1.82, 2.24) is 0 Å². The van der Waals surface area contributed by atoms with Crippen LogP contribution in [0.4, 0.5) is 52.7 Å². The average molecular weight is 682 g/mol. The highest BCUT2D eigenvalue weighted by Crippen LogP contribution is 1.46. The van der Waals surface area contributed by atoms with Crippen LogP contribution in [-0.4, -0.2) is 180 Å². The van der Waals surface area contributed by atoms with E-state index in [1.807, 2.05) is 0 Å². The third kappa shape index (κ3) is 573. The summed E-state index contributed by atoms with van der Waals surface area (Å²) in [5.74, 6) is 0. The molecule has 0 aromatic carbocycles. The van der Waals surface area contributed by atoms with E-state index < -0.39 is 67.7 Å². The van der Waals surface area contributed by atoms with Crippen LogP contribution in [0.15, 0.2) is 0 Å². The molecule has 0 aliphatic carbocycles. The Morgan fingerprint density at radius 1 is 0.136 bits per heavy atom. The van der Waals surface area contributed by atoms with Gasteiger partial charge >= 0.3 is 67.7 Å². The summed E-state index contributed by atoms with van der Waals surface area (Å²) in [7, 11) is 0. The molecular formula is C11H22O33. The smallest absolute Gasteiger partial charge is 0.450 e. The lowest BCUT2D eigenvalue weighted by molar-refractivity contribution is 0.135. The fraction of sp³-hybridized carbons (Fsp3) is 0. The maximum atomic E-state index is 8.56. The third-order valence-electron chi connectivity index (χ3n) is 0. The van der Waals surface area contributed by atoms with Crippen LogP contribution in [0.5, 0.6) is 0 Å². The average Bonchev–Trinajstić information content (AvgIpc) is 2.55. The van der Waals surface area contributed by atoms with E-state index in [1.54, 1.807) is 0 Å². The van der Waals surface area contributed by atoms with Crippen molar-refractivity contribution in [3.63, 3.8) is 0 Å². The normalized spacial score (nSPS) is 6.00. The van der Waals surface area contributed by atoms with Gasteiger partial charge in [0.15, 0.2) is 0 Å². The Morgan fingerprint density at radius 3 is 0.136 bits per heavy atom. The number of hydrogen-bond acceptors (Lipinski definition) is 11. The lowest BCUT2D eigenvalue weighted by Crippen LogP contribution is -1.81. The summed E-state index contributed by atoms with van der Waals surface area (Å²) in [5.41, 5.74) is 0. The zero-order valence-electron chi connectivity index (χ0n) is 19.8. The lowest BCUT2D eigenvalue weighted by Gasteiger charge is -1.60. The molecule has 33 nitrogen and oxygen atoms in total. The molecule has 33 heteroatoms. The van der Waals surface area contributed by atoms with Gasteiger partial charge in [-0.3, -0.25) is 0 Å². The van der Waals surface area contributed by atoms with Crippen LogP contribution in [-0.2, 0) is 0 Å². The van der Waals surface area contributed by atoms with E-state index in [0.29, 0.717) is 0 Å². The van der Waals surface area contributed by atoms with Gasteiger partial charge in [-0.15, -0.1) is 0 Å². The molecule has 0 heterocycles. The molecule has 0 rings (SSSR count). The minimum atomic E-state index is -1.83. The first-order chi connectivity index (χ1) is 19.1. The van der Waals surface area contributed by atoms with Gasteiger partial charge in [0.25, 0.3) is 0 Å².